The smallest absolute Gasteiger partial charge is 0.337 e. The first-order valence-electron chi connectivity index (χ1n) is 8.45. The summed E-state index contributed by atoms with van der Waals surface area (Å²) in [5.74, 6) is -0.551. The molecule has 1 saturated heterocycles. The summed E-state index contributed by atoms with van der Waals surface area (Å²) in [5, 5.41) is 0. The van der Waals surface area contributed by atoms with Gasteiger partial charge in [-0.25, -0.2) is 13.2 Å². The van der Waals surface area contributed by atoms with E-state index in [0.717, 1.165) is 5.56 Å². The largest absolute Gasteiger partial charge is 0.495 e. The number of ether oxygens (including phenoxy) is 2. The fourth-order valence-corrected chi connectivity index (χ4v) is 4.99. The van der Waals surface area contributed by atoms with Crippen LogP contribution in [0.4, 0.5) is 0 Å². The van der Waals surface area contributed by atoms with Crippen molar-refractivity contribution in [2.24, 2.45) is 5.73 Å². The van der Waals surface area contributed by atoms with Crippen molar-refractivity contribution in [2.75, 3.05) is 27.3 Å². The third-order valence-corrected chi connectivity index (χ3v) is 6.61. The van der Waals surface area contributed by atoms with E-state index in [0.29, 0.717) is 0 Å². The minimum Gasteiger partial charge on any atom is -0.495 e. The van der Waals surface area contributed by atoms with Gasteiger partial charge in [0.15, 0.2) is 0 Å². The number of hydrogen-bond donors (Lipinski definition) is 1. The third-order valence-electron chi connectivity index (χ3n) is 4.76. The maximum Gasteiger partial charge on any atom is 0.337 e. The first-order chi connectivity index (χ1) is 12.9. The minimum atomic E-state index is -3.90. The van der Waals surface area contributed by atoms with E-state index in [1.54, 1.807) is 0 Å². The van der Waals surface area contributed by atoms with Crippen molar-refractivity contribution < 1.29 is 22.7 Å². The van der Waals surface area contributed by atoms with Crippen LogP contribution >= 0.6 is 0 Å². The van der Waals surface area contributed by atoms with Crippen LogP contribution in [0.25, 0.3) is 0 Å². The van der Waals surface area contributed by atoms with E-state index in [1.807, 2.05) is 30.3 Å². The highest BCUT2D eigenvalue weighted by Gasteiger charge is 2.39. The van der Waals surface area contributed by atoms with Gasteiger partial charge in [0.25, 0.3) is 0 Å². The summed E-state index contributed by atoms with van der Waals surface area (Å²) >= 11 is 0. The highest BCUT2D eigenvalue weighted by molar-refractivity contribution is 7.89. The molecular weight excluding hydrogens is 368 g/mol. The molecule has 27 heavy (non-hydrogen) atoms. The first-order valence-corrected chi connectivity index (χ1v) is 9.89. The number of sulfonamides is 1. The zero-order valence-corrected chi connectivity index (χ0v) is 16.0. The second-order valence-corrected chi connectivity index (χ2v) is 8.27. The molecule has 0 aliphatic carbocycles. The Balaban J connectivity index is 1.96. The average molecular weight is 390 g/mol. The number of nitrogens with zero attached hydrogens (tertiary/aromatic N) is 1. The zero-order chi connectivity index (χ0) is 19.6. The van der Waals surface area contributed by atoms with Crippen LogP contribution in [0.15, 0.2) is 53.4 Å². The summed E-state index contributed by atoms with van der Waals surface area (Å²) in [5.41, 5.74) is 7.37. The summed E-state index contributed by atoms with van der Waals surface area (Å²) in [6.07, 6.45) is 0. The second-order valence-electron chi connectivity index (χ2n) is 6.36. The van der Waals surface area contributed by atoms with Gasteiger partial charge >= 0.3 is 5.97 Å². The van der Waals surface area contributed by atoms with Crippen LogP contribution in [0.2, 0.25) is 0 Å². The lowest BCUT2D eigenvalue weighted by molar-refractivity contribution is 0.0600. The summed E-state index contributed by atoms with van der Waals surface area (Å²) in [7, 11) is -1.27. The molecule has 8 heteroatoms. The Hall–Kier alpha value is -2.42. The second kappa shape index (κ2) is 7.67. The monoisotopic (exact) mass is 390 g/mol. The molecule has 1 aliphatic heterocycles. The topological polar surface area (TPSA) is 98.9 Å². The molecule has 0 spiro atoms. The van der Waals surface area contributed by atoms with Gasteiger partial charge in [-0.15, -0.1) is 0 Å². The van der Waals surface area contributed by atoms with Crippen molar-refractivity contribution in [1.82, 2.24) is 4.31 Å². The van der Waals surface area contributed by atoms with Gasteiger partial charge in [-0.05, 0) is 23.8 Å². The van der Waals surface area contributed by atoms with Gasteiger partial charge in [0.2, 0.25) is 10.0 Å². The standard InChI is InChI=1S/C19H22N2O5S/c1-25-17-9-8-14(19(22)26-2)10-18(17)27(23,24)21-11-15(16(20)12-21)13-6-4-3-5-7-13/h3-10,15-16H,11-12,20H2,1-2H3/t15-,16+/m0/s1. The summed E-state index contributed by atoms with van der Waals surface area (Å²) in [6, 6.07) is 13.5. The number of esters is 1. The molecule has 0 amide bonds. The summed E-state index contributed by atoms with van der Waals surface area (Å²) in [4.78, 5) is 11.7. The van der Waals surface area contributed by atoms with Crippen molar-refractivity contribution in [1.29, 1.82) is 0 Å². The Morgan fingerprint density at radius 2 is 1.81 bits per heavy atom. The molecule has 2 aromatic rings. The summed E-state index contributed by atoms with van der Waals surface area (Å²) < 4.78 is 37.7. The molecule has 2 aromatic carbocycles. The highest BCUT2D eigenvalue weighted by Crippen LogP contribution is 2.34. The van der Waals surface area contributed by atoms with E-state index in [4.69, 9.17) is 10.5 Å². The van der Waals surface area contributed by atoms with Gasteiger partial charge in [0, 0.05) is 25.0 Å². The predicted octanol–water partition coefficient (Wildman–Crippen LogP) is 1.60. The van der Waals surface area contributed by atoms with Crippen LogP contribution in [0.1, 0.15) is 21.8 Å². The van der Waals surface area contributed by atoms with E-state index < -0.39 is 16.0 Å². The van der Waals surface area contributed by atoms with E-state index in [9.17, 15) is 13.2 Å². The Bertz CT molecular complexity index is 930. The molecule has 7 nitrogen and oxygen atoms in total. The van der Waals surface area contributed by atoms with Gasteiger partial charge in [-0.2, -0.15) is 4.31 Å². The molecule has 0 saturated carbocycles. The molecule has 0 aromatic heterocycles. The normalized spacial score (nSPS) is 20.4. The number of carbonyl (C=O) groups is 1. The Morgan fingerprint density at radius 3 is 2.44 bits per heavy atom. The highest BCUT2D eigenvalue weighted by atomic mass is 32.2. The lowest BCUT2D eigenvalue weighted by Crippen LogP contribution is -2.32. The number of rotatable bonds is 5. The van der Waals surface area contributed by atoms with E-state index in [2.05, 4.69) is 4.74 Å². The van der Waals surface area contributed by atoms with Gasteiger partial charge < -0.3 is 15.2 Å². The van der Waals surface area contributed by atoms with Crippen molar-refractivity contribution in [3.63, 3.8) is 0 Å². The number of benzene rings is 2. The lowest BCUT2D eigenvalue weighted by Gasteiger charge is -2.19. The predicted molar refractivity (Wildman–Crippen MR) is 100 cm³/mol. The van der Waals surface area contributed by atoms with Crippen molar-refractivity contribution in [3.8, 4) is 5.75 Å². The Labute approximate surface area is 158 Å². The third kappa shape index (κ3) is 3.69. The molecule has 1 heterocycles. The molecule has 1 aliphatic rings. The average Bonchev–Trinajstić information content (AvgIpc) is 3.10. The Morgan fingerprint density at radius 1 is 1.11 bits per heavy atom. The van der Waals surface area contributed by atoms with Crippen LogP contribution in [-0.4, -0.2) is 52.0 Å². The van der Waals surface area contributed by atoms with Crippen molar-refractivity contribution in [2.45, 2.75) is 16.9 Å². The fourth-order valence-electron chi connectivity index (χ4n) is 3.30. The maximum absolute atomic E-state index is 13.2. The Kier molecular flexibility index (Phi) is 5.50. The number of hydrogen-bond acceptors (Lipinski definition) is 6. The van der Waals surface area contributed by atoms with Crippen molar-refractivity contribution in [3.05, 3.63) is 59.7 Å². The molecule has 0 bridgehead atoms. The molecule has 2 N–H and O–H groups in total. The van der Waals surface area contributed by atoms with Crippen LogP contribution in [0.3, 0.4) is 0 Å². The fraction of sp³-hybridized carbons (Fsp3) is 0.316. The van der Waals surface area contributed by atoms with E-state index >= 15 is 0 Å². The SMILES string of the molecule is COC(=O)c1ccc(OC)c(S(=O)(=O)N2C[C@@H](N)[C@H](c3ccccc3)C2)c1. The number of methoxy groups -OCH3 is 2. The van der Waals surface area contributed by atoms with Gasteiger partial charge in [0.1, 0.15) is 10.6 Å². The molecule has 144 valence electrons. The maximum atomic E-state index is 13.2. The van der Waals surface area contributed by atoms with Crippen LogP contribution < -0.4 is 10.5 Å². The lowest BCUT2D eigenvalue weighted by atomic mass is 9.95. The van der Waals surface area contributed by atoms with Gasteiger partial charge in [0.05, 0.1) is 19.8 Å². The molecule has 3 rings (SSSR count). The molecule has 0 radical (unpaired) electrons. The zero-order valence-electron chi connectivity index (χ0n) is 15.2. The first kappa shape index (κ1) is 19.3. The van der Waals surface area contributed by atoms with Crippen LogP contribution in [-0.2, 0) is 14.8 Å². The number of nitrogens with two attached hydrogens (primary N) is 1. The minimum absolute atomic E-state index is 0.0752. The van der Waals surface area contributed by atoms with Gasteiger partial charge in [-0.1, -0.05) is 30.3 Å². The molecular formula is C19H22N2O5S. The molecule has 0 unspecified atom stereocenters. The number of carbonyl (C=O) groups excluding carboxylic acids is 1. The quantitative estimate of drug-likeness (QED) is 0.779. The molecule has 1 fully saturated rings. The molecule has 2 atom stereocenters. The van der Waals surface area contributed by atoms with Crippen LogP contribution in [0.5, 0.6) is 5.75 Å². The van der Waals surface area contributed by atoms with E-state index in [1.165, 1.54) is 36.7 Å². The van der Waals surface area contributed by atoms with Gasteiger partial charge in [-0.3, -0.25) is 0 Å². The van der Waals surface area contributed by atoms with Crippen molar-refractivity contribution >= 4 is 16.0 Å². The van der Waals surface area contributed by atoms with E-state index in [-0.39, 0.29) is 41.3 Å². The summed E-state index contributed by atoms with van der Waals surface area (Å²) in [6.45, 7) is 0.451. The van der Waals surface area contributed by atoms with Crippen LogP contribution in [0, 0.1) is 0 Å².